The van der Waals surface area contributed by atoms with Crippen molar-refractivity contribution in [3.63, 3.8) is 0 Å². The lowest BCUT2D eigenvalue weighted by Crippen LogP contribution is -2.32. The average Bonchev–Trinajstić information content (AvgIpc) is 2.66. The van der Waals surface area contributed by atoms with E-state index in [1.54, 1.807) is 0 Å². The first-order chi connectivity index (χ1) is 9.86. The molecule has 2 fully saturated rings. The Morgan fingerprint density at radius 3 is 2.05 bits per heavy atom. The molecule has 0 spiro atoms. The minimum absolute atomic E-state index is 0.0840. The maximum atomic E-state index is 12.7. The van der Waals surface area contributed by atoms with Gasteiger partial charge in [0.2, 0.25) is 0 Å². The van der Waals surface area contributed by atoms with E-state index in [0.29, 0.717) is 0 Å². The molecule has 2 nitrogen and oxygen atoms in total. The second-order valence-corrected chi connectivity index (χ2v) is 9.50. The van der Waals surface area contributed by atoms with Crippen LogP contribution in [0.15, 0.2) is 24.3 Å². The normalized spacial score (nSPS) is 32.1. The summed E-state index contributed by atoms with van der Waals surface area (Å²) < 4.78 is 12.0. The molecular weight excluding hydrogens is 280 g/mol. The van der Waals surface area contributed by atoms with Crippen LogP contribution < -0.4 is 0 Å². The van der Waals surface area contributed by atoms with E-state index in [1.165, 1.54) is 5.56 Å². The fourth-order valence-corrected chi connectivity index (χ4v) is 5.74. The minimum atomic E-state index is -0.680. The van der Waals surface area contributed by atoms with Crippen molar-refractivity contribution in [2.45, 2.75) is 62.4 Å². The summed E-state index contributed by atoms with van der Waals surface area (Å²) in [6.07, 6.45) is 3.74. The number of rotatable bonds is 2. The average molecular weight is 304 g/mol. The van der Waals surface area contributed by atoms with Crippen LogP contribution in [0, 0.1) is 5.92 Å². The van der Waals surface area contributed by atoms with Crippen LogP contribution >= 0.6 is 0 Å². The third kappa shape index (κ3) is 2.85. The first-order valence-corrected chi connectivity index (χ1v) is 9.18. The third-order valence-corrected chi connectivity index (χ3v) is 7.14. The number of ketones is 1. The molecule has 1 aromatic rings. The van der Waals surface area contributed by atoms with Crippen LogP contribution in [0.5, 0.6) is 0 Å². The van der Waals surface area contributed by atoms with E-state index in [4.69, 9.17) is 0 Å². The highest BCUT2D eigenvalue weighted by Crippen LogP contribution is 2.39. The zero-order valence-corrected chi connectivity index (χ0v) is 13.9. The van der Waals surface area contributed by atoms with Gasteiger partial charge < -0.3 is 0 Å². The lowest BCUT2D eigenvalue weighted by molar-refractivity contribution is 0.0906. The van der Waals surface area contributed by atoms with Crippen molar-refractivity contribution >= 4 is 16.6 Å². The number of benzene rings is 1. The molecule has 0 saturated carbocycles. The number of carbonyl (C=O) groups excluding carboxylic acids is 1. The van der Waals surface area contributed by atoms with Gasteiger partial charge >= 0.3 is 0 Å². The van der Waals surface area contributed by atoms with Crippen molar-refractivity contribution in [2.75, 3.05) is 0 Å². The van der Waals surface area contributed by atoms with Crippen LogP contribution in [0.1, 0.15) is 62.4 Å². The Balaban J connectivity index is 1.75. The predicted molar refractivity (Wildman–Crippen MR) is 87.1 cm³/mol. The van der Waals surface area contributed by atoms with Crippen LogP contribution in [-0.4, -0.2) is 20.5 Å². The third-order valence-electron chi connectivity index (χ3n) is 4.97. The van der Waals surface area contributed by atoms with Gasteiger partial charge in [-0.2, -0.15) is 0 Å². The summed E-state index contributed by atoms with van der Waals surface area (Å²) in [7, 11) is -0.680. The molecule has 0 N–H and O–H groups in total. The topological polar surface area (TPSA) is 34.1 Å². The lowest BCUT2D eigenvalue weighted by Gasteiger charge is -2.26. The van der Waals surface area contributed by atoms with Crippen LogP contribution in [0.2, 0.25) is 0 Å². The van der Waals surface area contributed by atoms with E-state index in [-0.39, 0.29) is 27.6 Å². The van der Waals surface area contributed by atoms with Crippen LogP contribution in [0.4, 0.5) is 0 Å². The van der Waals surface area contributed by atoms with Crippen molar-refractivity contribution in [1.82, 2.24) is 0 Å². The molecule has 2 aliphatic heterocycles. The fourth-order valence-electron chi connectivity index (χ4n) is 3.62. The highest BCUT2D eigenvalue weighted by molar-refractivity contribution is 7.86. The second-order valence-electron chi connectivity index (χ2n) is 7.51. The summed E-state index contributed by atoms with van der Waals surface area (Å²) in [5, 5.41) is 0.540. The molecule has 3 heteroatoms. The van der Waals surface area contributed by atoms with Gasteiger partial charge in [-0.05, 0) is 36.7 Å². The summed E-state index contributed by atoms with van der Waals surface area (Å²) in [4.78, 5) is 12.7. The van der Waals surface area contributed by atoms with Crippen LogP contribution in [0.25, 0.3) is 0 Å². The van der Waals surface area contributed by atoms with E-state index >= 15 is 0 Å². The second kappa shape index (κ2) is 5.35. The highest BCUT2D eigenvalue weighted by Gasteiger charge is 2.42. The molecule has 0 radical (unpaired) electrons. The molecular formula is C18H24O2S. The Kier molecular flexibility index (Phi) is 3.81. The van der Waals surface area contributed by atoms with Gasteiger partial charge in [0.1, 0.15) is 0 Å². The lowest BCUT2D eigenvalue weighted by atomic mass is 9.85. The monoisotopic (exact) mass is 304 g/mol. The summed E-state index contributed by atoms with van der Waals surface area (Å²) in [6.45, 7) is 6.54. The Morgan fingerprint density at radius 1 is 1.05 bits per heavy atom. The standard InChI is InChI=1S/C18H24O2S/c1-18(2,3)14-6-4-12(5-7-14)17(19)13-10-15-8-9-16(11-13)21(15)20/h4-7,13,15-16H,8-11H2,1-3H3. The van der Waals surface area contributed by atoms with Gasteiger partial charge in [-0.3, -0.25) is 9.00 Å². The molecule has 2 bridgehead atoms. The largest absolute Gasteiger partial charge is 0.294 e. The van der Waals surface area contributed by atoms with Crippen molar-refractivity contribution in [3.05, 3.63) is 35.4 Å². The molecule has 1 aromatic carbocycles. The molecule has 3 rings (SSSR count). The highest BCUT2D eigenvalue weighted by atomic mass is 32.2. The Labute approximate surface area is 129 Å². The Morgan fingerprint density at radius 2 is 1.57 bits per heavy atom. The van der Waals surface area contributed by atoms with E-state index in [2.05, 4.69) is 32.9 Å². The van der Waals surface area contributed by atoms with Gasteiger partial charge in [0.15, 0.2) is 5.78 Å². The smallest absolute Gasteiger partial charge is 0.166 e. The summed E-state index contributed by atoms with van der Waals surface area (Å²) >= 11 is 0. The Hall–Kier alpha value is -0.960. The molecule has 2 atom stereocenters. The predicted octanol–water partition coefficient (Wildman–Crippen LogP) is 3.86. The summed E-state index contributed by atoms with van der Waals surface area (Å²) in [6, 6.07) is 8.08. The molecule has 2 aliphatic rings. The van der Waals surface area contributed by atoms with Gasteiger partial charge in [-0.15, -0.1) is 0 Å². The minimum Gasteiger partial charge on any atom is -0.294 e. The summed E-state index contributed by atoms with van der Waals surface area (Å²) in [5.74, 6) is 0.338. The van der Waals surface area contributed by atoms with Crippen molar-refractivity contribution < 1.29 is 9.00 Å². The van der Waals surface area contributed by atoms with Gasteiger partial charge in [0, 0.05) is 32.8 Å². The number of fused-ring (bicyclic) bond motifs is 2. The van der Waals surface area contributed by atoms with Gasteiger partial charge in [0.05, 0.1) is 0 Å². The van der Waals surface area contributed by atoms with Gasteiger partial charge in [-0.1, -0.05) is 45.0 Å². The van der Waals surface area contributed by atoms with Crippen LogP contribution in [0.3, 0.4) is 0 Å². The van der Waals surface area contributed by atoms with Crippen molar-refractivity contribution in [2.24, 2.45) is 5.92 Å². The maximum Gasteiger partial charge on any atom is 0.166 e. The SMILES string of the molecule is CC(C)(C)c1ccc(C(=O)C2CC3CCC(C2)S3=O)cc1. The molecule has 2 saturated heterocycles. The maximum absolute atomic E-state index is 12.7. The zero-order valence-electron chi connectivity index (χ0n) is 13.1. The van der Waals surface area contributed by atoms with E-state index < -0.39 is 10.8 Å². The quantitative estimate of drug-likeness (QED) is 0.778. The van der Waals surface area contributed by atoms with E-state index in [1.807, 2.05) is 12.1 Å². The molecule has 2 heterocycles. The number of hydrogen-bond donors (Lipinski definition) is 0. The number of carbonyl (C=O) groups is 1. The number of hydrogen-bond acceptors (Lipinski definition) is 2. The molecule has 0 aliphatic carbocycles. The van der Waals surface area contributed by atoms with Crippen molar-refractivity contribution in [3.8, 4) is 0 Å². The van der Waals surface area contributed by atoms with E-state index in [0.717, 1.165) is 31.2 Å². The van der Waals surface area contributed by atoms with Crippen molar-refractivity contribution in [1.29, 1.82) is 0 Å². The van der Waals surface area contributed by atoms with E-state index in [9.17, 15) is 9.00 Å². The van der Waals surface area contributed by atoms with Gasteiger partial charge in [0.25, 0.3) is 0 Å². The first kappa shape index (κ1) is 15.0. The van der Waals surface area contributed by atoms with Gasteiger partial charge in [-0.25, -0.2) is 0 Å². The Bertz CT molecular complexity index is 552. The first-order valence-electron chi connectivity index (χ1n) is 7.90. The summed E-state index contributed by atoms with van der Waals surface area (Å²) in [5.41, 5.74) is 2.19. The van der Waals surface area contributed by atoms with Crippen LogP contribution in [-0.2, 0) is 16.2 Å². The zero-order chi connectivity index (χ0) is 15.2. The molecule has 2 unspecified atom stereocenters. The molecule has 0 amide bonds. The molecule has 114 valence electrons. The molecule has 0 aromatic heterocycles. The fraction of sp³-hybridized carbons (Fsp3) is 0.611. The number of Topliss-reactive ketones (excluding diaryl/α,β-unsaturated/α-hetero) is 1. The molecule has 21 heavy (non-hydrogen) atoms.